The fourth-order valence-corrected chi connectivity index (χ4v) is 4.38. The lowest BCUT2D eigenvalue weighted by Gasteiger charge is -2.17. The lowest BCUT2D eigenvalue weighted by atomic mass is 10.1. The molecule has 0 atom stereocenters. The van der Waals surface area contributed by atoms with Crippen molar-refractivity contribution in [2.75, 3.05) is 79.3 Å². The minimum absolute atomic E-state index is 0.0375. The second-order valence-electron chi connectivity index (χ2n) is 9.71. The summed E-state index contributed by atoms with van der Waals surface area (Å²) in [4.78, 5) is 14.3. The van der Waals surface area contributed by atoms with Gasteiger partial charge in [-0.1, -0.05) is 0 Å². The number of aromatic nitrogens is 3. The van der Waals surface area contributed by atoms with Crippen LogP contribution in [-0.2, 0) is 0 Å². The van der Waals surface area contributed by atoms with E-state index in [4.69, 9.17) is 43.4 Å². The highest BCUT2D eigenvalue weighted by Crippen LogP contribution is 2.39. The normalized spacial score (nSPS) is 10.9. The molecule has 15 heteroatoms. The largest absolute Gasteiger partial charge is 0.491 e. The molecule has 0 unspecified atom stereocenters. The smallest absolute Gasteiger partial charge is 0.167 e. The van der Waals surface area contributed by atoms with Gasteiger partial charge in [0.05, 0.1) is 56.3 Å². The summed E-state index contributed by atoms with van der Waals surface area (Å²) in [5.74, 6) is 2.59. The average molecular weight is 670 g/mol. The quantitative estimate of drug-likeness (QED) is 0.0733. The van der Waals surface area contributed by atoms with E-state index >= 15 is 0 Å². The number of benzene rings is 3. The van der Waals surface area contributed by atoms with E-state index in [9.17, 15) is 30.6 Å². The van der Waals surface area contributed by atoms with Gasteiger partial charge >= 0.3 is 0 Å². The van der Waals surface area contributed by atoms with Crippen molar-refractivity contribution >= 4 is 0 Å². The summed E-state index contributed by atoms with van der Waals surface area (Å²) in [6.45, 7) is -1.30. The van der Waals surface area contributed by atoms with Crippen molar-refractivity contribution in [2.24, 2.45) is 0 Å². The Morgan fingerprint density at radius 2 is 0.604 bits per heavy atom. The number of nitrogens with zero attached hydrogens (tertiary/aromatic N) is 3. The van der Waals surface area contributed by atoms with Gasteiger partial charge < -0.3 is 59.1 Å². The van der Waals surface area contributed by atoms with Crippen molar-refractivity contribution in [3.8, 4) is 68.7 Å². The Balaban J connectivity index is 1.95. The van der Waals surface area contributed by atoms with Gasteiger partial charge in [0.2, 0.25) is 0 Å². The highest BCUT2D eigenvalue weighted by atomic mass is 16.5. The molecule has 0 spiro atoms. The summed E-state index contributed by atoms with van der Waals surface area (Å²) < 4.78 is 34.2. The molecule has 258 valence electrons. The maximum atomic E-state index is 9.50. The molecular formula is C33H39N3O12. The molecule has 0 bridgehead atoms. The van der Waals surface area contributed by atoms with Crippen molar-refractivity contribution in [2.45, 2.75) is 0 Å². The van der Waals surface area contributed by atoms with Crippen LogP contribution in [0.25, 0.3) is 34.2 Å². The molecule has 4 aromatic rings. The van der Waals surface area contributed by atoms with Gasteiger partial charge in [0.15, 0.2) is 17.5 Å². The summed E-state index contributed by atoms with van der Waals surface area (Å²) in [5.41, 5.74) is 1.27. The molecule has 48 heavy (non-hydrogen) atoms. The molecule has 0 aliphatic heterocycles. The third kappa shape index (κ3) is 9.87. The van der Waals surface area contributed by atoms with Gasteiger partial charge in [0.25, 0.3) is 0 Å². The van der Waals surface area contributed by atoms with Crippen LogP contribution in [0, 0.1) is 0 Å². The number of rotatable bonds is 21. The van der Waals surface area contributed by atoms with Crippen LogP contribution in [0.15, 0.2) is 54.6 Å². The molecule has 15 nitrogen and oxygen atoms in total. The standard InChI is InChI=1S/C33H39N3O12/c37-7-13-43-22-1-4-25(28(19-22)46-16-10-40)31-34-32(26-5-2-23(44-14-8-38)20-29(26)47-17-11-41)36-33(35-31)27-6-3-24(45-15-9-39)21-30(27)48-18-12-42/h1-6,19-21,37-42H,7-18H2. The summed E-state index contributed by atoms with van der Waals surface area (Å²) in [5, 5.41) is 56.2. The highest BCUT2D eigenvalue weighted by Gasteiger charge is 2.21. The van der Waals surface area contributed by atoms with Crippen LogP contribution in [0.1, 0.15) is 0 Å². The van der Waals surface area contributed by atoms with Gasteiger partial charge in [-0.15, -0.1) is 0 Å². The first kappa shape index (κ1) is 36.1. The molecule has 1 aromatic heterocycles. The van der Waals surface area contributed by atoms with Gasteiger partial charge in [-0.05, 0) is 36.4 Å². The SMILES string of the molecule is OCCOc1ccc(-c2nc(-c3ccc(OCCO)cc3OCCO)nc(-c3ccc(OCCO)cc3OCCO)n2)c(OCCO)c1. The van der Waals surface area contributed by atoms with Crippen LogP contribution in [0.2, 0.25) is 0 Å². The molecule has 0 amide bonds. The Labute approximate surface area is 276 Å². The van der Waals surface area contributed by atoms with Gasteiger partial charge in [-0.3, -0.25) is 0 Å². The van der Waals surface area contributed by atoms with E-state index in [-0.39, 0.29) is 114 Å². The lowest BCUT2D eigenvalue weighted by molar-refractivity contribution is 0.195. The molecule has 0 saturated carbocycles. The maximum Gasteiger partial charge on any atom is 0.167 e. The fraction of sp³-hybridized carbons (Fsp3) is 0.364. The van der Waals surface area contributed by atoms with E-state index in [1.165, 1.54) is 0 Å². The molecule has 1 heterocycles. The first-order valence-corrected chi connectivity index (χ1v) is 15.2. The van der Waals surface area contributed by atoms with E-state index in [0.29, 0.717) is 33.9 Å². The number of aliphatic hydroxyl groups excluding tert-OH is 6. The Morgan fingerprint density at radius 3 is 0.854 bits per heavy atom. The van der Waals surface area contributed by atoms with Gasteiger partial charge in [-0.2, -0.15) is 0 Å². The second kappa shape index (κ2) is 19.1. The summed E-state index contributed by atoms with van der Waals surface area (Å²) in [6.07, 6.45) is 0. The number of hydrogen-bond donors (Lipinski definition) is 6. The Hall–Kier alpha value is -4.77. The van der Waals surface area contributed by atoms with Gasteiger partial charge in [0.1, 0.15) is 74.1 Å². The van der Waals surface area contributed by atoms with Crippen molar-refractivity contribution in [3.05, 3.63) is 54.6 Å². The van der Waals surface area contributed by atoms with Gasteiger partial charge in [0, 0.05) is 18.2 Å². The van der Waals surface area contributed by atoms with Crippen LogP contribution >= 0.6 is 0 Å². The number of ether oxygens (including phenoxy) is 6. The molecule has 0 saturated heterocycles. The van der Waals surface area contributed by atoms with E-state index < -0.39 is 0 Å². The molecule has 0 radical (unpaired) electrons. The van der Waals surface area contributed by atoms with Crippen LogP contribution < -0.4 is 28.4 Å². The van der Waals surface area contributed by atoms with E-state index in [1.807, 2.05) is 0 Å². The first-order valence-electron chi connectivity index (χ1n) is 15.2. The number of hydrogen-bond acceptors (Lipinski definition) is 15. The van der Waals surface area contributed by atoms with Crippen molar-refractivity contribution in [3.63, 3.8) is 0 Å². The third-order valence-electron chi connectivity index (χ3n) is 6.34. The molecule has 4 rings (SSSR count). The molecule has 0 aliphatic rings. The van der Waals surface area contributed by atoms with Crippen molar-refractivity contribution in [1.82, 2.24) is 15.0 Å². The van der Waals surface area contributed by atoms with Crippen LogP contribution in [0.4, 0.5) is 0 Å². The van der Waals surface area contributed by atoms with Gasteiger partial charge in [-0.25, -0.2) is 15.0 Å². The molecule has 0 fully saturated rings. The lowest BCUT2D eigenvalue weighted by Crippen LogP contribution is -2.09. The maximum absolute atomic E-state index is 9.50. The minimum atomic E-state index is -0.263. The monoisotopic (exact) mass is 669 g/mol. The Morgan fingerprint density at radius 1 is 0.354 bits per heavy atom. The molecule has 3 aromatic carbocycles. The predicted octanol–water partition coefficient (Wildman–Crippen LogP) is 1.10. The zero-order valence-electron chi connectivity index (χ0n) is 26.2. The zero-order valence-corrected chi connectivity index (χ0v) is 26.2. The molecule has 0 aliphatic carbocycles. The van der Waals surface area contributed by atoms with E-state index in [0.717, 1.165) is 0 Å². The van der Waals surface area contributed by atoms with Crippen LogP contribution in [-0.4, -0.2) is 125 Å². The first-order chi connectivity index (χ1) is 23.5. The Kier molecular flexibility index (Phi) is 14.4. The molecule has 6 N–H and O–H groups in total. The van der Waals surface area contributed by atoms with E-state index in [2.05, 4.69) is 0 Å². The summed E-state index contributed by atoms with van der Waals surface area (Å²) in [7, 11) is 0. The van der Waals surface area contributed by atoms with Crippen molar-refractivity contribution in [1.29, 1.82) is 0 Å². The highest BCUT2D eigenvalue weighted by molar-refractivity contribution is 5.75. The fourth-order valence-electron chi connectivity index (χ4n) is 4.38. The topological polar surface area (TPSA) is 215 Å². The third-order valence-corrected chi connectivity index (χ3v) is 6.34. The van der Waals surface area contributed by atoms with E-state index in [1.54, 1.807) is 54.6 Å². The second-order valence-corrected chi connectivity index (χ2v) is 9.71. The Bertz CT molecular complexity index is 1390. The average Bonchev–Trinajstić information content (AvgIpc) is 3.12. The van der Waals surface area contributed by atoms with Crippen LogP contribution in [0.3, 0.4) is 0 Å². The zero-order chi connectivity index (χ0) is 34.1. The van der Waals surface area contributed by atoms with Crippen LogP contribution in [0.5, 0.6) is 34.5 Å². The predicted molar refractivity (Wildman–Crippen MR) is 172 cm³/mol. The summed E-state index contributed by atoms with van der Waals surface area (Å²) in [6, 6.07) is 14.8. The minimum Gasteiger partial charge on any atom is -0.491 e. The van der Waals surface area contributed by atoms with Crippen molar-refractivity contribution < 1.29 is 59.1 Å². The molecular weight excluding hydrogens is 630 g/mol. The summed E-state index contributed by atoms with van der Waals surface area (Å²) >= 11 is 0. The number of aliphatic hydroxyl groups is 6.